The zero-order valence-electron chi connectivity index (χ0n) is 10.6. The van der Waals surface area contributed by atoms with Gasteiger partial charge in [-0.25, -0.2) is 0 Å². The predicted molar refractivity (Wildman–Crippen MR) is 75.9 cm³/mol. The summed E-state index contributed by atoms with van der Waals surface area (Å²) >= 11 is 4.74. The Bertz CT molecular complexity index is 433. The fourth-order valence-electron chi connectivity index (χ4n) is 1.38. The fourth-order valence-corrected chi connectivity index (χ4v) is 1.49. The fraction of sp³-hybridized carbons (Fsp3) is 0.385. The van der Waals surface area contributed by atoms with E-state index in [2.05, 4.69) is 5.32 Å². The van der Waals surface area contributed by atoms with Gasteiger partial charge in [-0.2, -0.15) is 0 Å². The van der Waals surface area contributed by atoms with E-state index in [1.165, 1.54) is 0 Å². The lowest BCUT2D eigenvalue weighted by atomic mass is 10.2. The standard InChI is InChI=1S/C13H18N2O2S/c1-9(2)17-11-5-3-4-10(8-11)13(16)15-7-6-12(14)18/h3-5,8-9H,6-7H2,1-2H3,(H2,14,18)(H,15,16). The van der Waals surface area contributed by atoms with E-state index in [1.807, 2.05) is 19.9 Å². The molecule has 0 atom stereocenters. The van der Waals surface area contributed by atoms with Gasteiger partial charge in [-0.15, -0.1) is 0 Å². The van der Waals surface area contributed by atoms with Crippen molar-refractivity contribution in [2.24, 2.45) is 5.73 Å². The number of hydrogen-bond acceptors (Lipinski definition) is 3. The van der Waals surface area contributed by atoms with Crippen molar-refractivity contribution in [3.8, 4) is 5.75 Å². The van der Waals surface area contributed by atoms with Gasteiger partial charge >= 0.3 is 0 Å². The molecule has 0 aliphatic heterocycles. The molecule has 18 heavy (non-hydrogen) atoms. The van der Waals surface area contributed by atoms with Crippen LogP contribution in [-0.2, 0) is 0 Å². The highest BCUT2D eigenvalue weighted by molar-refractivity contribution is 7.80. The van der Waals surface area contributed by atoms with Gasteiger partial charge in [-0.3, -0.25) is 4.79 Å². The summed E-state index contributed by atoms with van der Waals surface area (Å²) in [5, 5.41) is 2.75. The van der Waals surface area contributed by atoms with Crippen molar-refractivity contribution < 1.29 is 9.53 Å². The van der Waals surface area contributed by atoms with Crippen molar-refractivity contribution in [1.82, 2.24) is 5.32 Å². The maximum atomic E-state index is 11.8. The highest BCUT2D eigenvalue weighted by atomic mass is 32.1. The topological polar surface area (TPSA) is 64.3 Å². The minimum Gasteiger partial charge on any atom is -0.491 e. The van der Waals surface area contributed by atoms with Crippen LogP contribution in [0.25, 0.3) is 0 Å². The maximum absolute atomic E-state index is 11.8. The number of benzene rings is 1. The van der Waals surface area contributed by atoms with Crippen molar-refractivity contribution >= 4 is 23.1 Å². The number of nitrogens with one attached hydrogen (secondary N) is 1. The van der Waals surface area contributed by atoms with Crippen LogP contribution in [0, 0.1) is 0 Å². The Morgan fingerprint density at radius 2 is 2.22 bits per heavy atom. The smallest absolute Gasteiger partial charge is 0.251 e. The van der Waals surface area contributed by atoms with E-state index in [4.69, 9.17) is 22.7 Å². The number of rotatable bonds is 6. The van der Waals surface area contributed by atoms with Gasteiger partial charge in [0.2, 0.25) is 0 Å². The van der Waals surface area contributed by atoms with Crippen LogP contribution in [0.1, 0.15) is 30.6 Å². The summed E-state index contributed by atoms with van der Waals surface area (Å²) in [5.41, 5.74) is 5.92. The van der Waals surface area contributed by atoms with Gasteiger partial charge in [0, 0.05) is 18.5 Å². The number of nitrogens with two attached hydrogens (primary N) is 1. The number of hydrogen-bond donors (Lipinski definition) is 2. The average molecular weight is 266 g/mol. The van der Waals surface area contributed by atoms with Crippen molar-refractivity contribution in [2.75, 3.05) is 6.54 Å². The third-order valence-electron chi connectivity index (χ3n) is 2.12. The second kappa shape index (κ2) is 6.96. The molecule has 0 aliphatic carbocycles. The lowest BCUT2D eigenvalue weighted by molar-refractivity contribution is 0.0954. The van der Waals surface area contributed by atoms with Crippen LogP contribution in [0.5, 0.6) is 5.75 Å². The van der Waals surface area contributed by atoms with E-state index in [1.54, 1.807) is 18.2 Å². The van der Waals surface area contributed by atoms with Crippen molar-refractivity contribution in [3.63, 3.8) is 0 Å². The number of thiocarbonyl (C=S) groups is 1. The molecule has 0 saturated carbocycles. The summed E-state index contributed by atoms with van der Waals surface area (Å²) < 4.78 is 5.53. The van der Waals surface area contributed by atoms with E-state index in [9.17, 15) is 4.79 Å². The summed E-state index contributed by atoms with van der Waals surface area (Å²) in [6.45, 7) is 4.33. The minimum atomic E-state index is -0.152. The lowest BCUT2D eigenvalue weighted by Gasteiger charge is -2.11. The number of ether oxygens (including phenoxy) is 1. The number of carbonyl (C=O) groups excluding carboxylic acids is 1. The molecule has 0 bridgehead atoms. The van der Waals surface area contributed by atoms with Crippen molar-refractivity contribution in [1.29, 1.82) is 0 Å². The van der Waals surface area contributed by atoms with Gasteiger partial charge in [0.1, 0.15) is 5.75 Å². The Hall–Kier alpha value is -1.62. The van der Waals surface area contributed by atoms with Gasteiger partial charge in [0.15, 0.2) is 0 Å². The summed E-state index contributed by atoms with van der Waals surface area (Å²) in [4.78, 5) is 12.2. The van der Waals surface area contributed by atoms with E-state index < -0.39 is 0 Å². The first kappa shape index (κ1) is 14.4. The van der Waals surface area contributed by atoms with Crippen LogP contribution in [0.4, 0.5) is 0 Å². The van der Waals surface area contributed by atoms with E-state index in [0.29, 0.717) is 29.3 Å². The van der Waals surface area contributed by atoms with Gasteiger partial charge < -0.3 is 15.8 Å². The molecule has 1 aromatic rings. The van der Waals surface area contributed by atoms with Crippen molar-refractivity contribution in [3.05, 3.63) is 29.8 Å². The molecule has 0 saturated heterocycles. The molecule has 1 amide bonds. The summed E-state index contributed by atoms with van der Waals surface area (Å²) in [6.07, 6.45) is 0.585. The zero-order chi connectivity index (χ0) is 13.5. The average Bonchev–Trinajstić information content (AvgIpc) is 2.27. The molecule has 4 nitrogen and oxygen atoms in total. The van der Waals surface area contributed by atoms with Crippen LogP contribution in [0.15, 0.2) is 24.3 Å². The first-order valence-corrected chi connectivity index (χ1v) is 6.23. The van der Waals surface area contributed by atoms with Crippen LogP contribution >= 0.6 is 12.2 Å². The Labute approximate surface area is 113 Å². The highest BCUT2D eigenvalue weighted by Crippen LogP contribution is 2.14. The zero-order valence-corrected chi connectivity index (χ0v) is 11.4. The molecule has 1 aromatic carbocycles. The highest BCUT2D eigenvalue weighted by Gasteiger charge is 2.07. The normalized spacial score (nSPS) is 10.2. The Kier molecular flexibility index (Phi) is 5.58. The molecule has 3 N–H and O–H groups in total. The molecule has 0 radical (unpaired) electrons. The third-order valence-corrected chi connectivity index (χ3v) is 2.33. The molecule has 1 rings (SSSR count). The molecular formula is C13H18N2O2S. The molecule has 5 heteroatoms. The quantitative estimate of drug-likeness (QED) is 0.772. The Balaban J connectivity index is 2.59. The monoisotopic (exact) mass is 266 g/mol. The van der Waals surface area contributed by atoms with E-state index in [-0.39, 0.29) is 12.0 Å². The first-order valence-electron chi connectivity index (χ1n) is 5.82. The van der Waals surface area contributed by atoms with Crippen LogP contribution in [-0.4, -0.2) is 23.5 Å². The van der Waals surface area contributed by atoms with Gasteiger partial charge in [0.25, 0.3) is 5.91 Å². The van der Waals surface area contributed by atoms with Gasteiger partial charge in [-0.1, -0.05) is 18.3 Å². The number of amides is 1. The van der Waals surface area contributed by atoms with E-state index in [0.717, 1.165) is 0 Å². The second-order valence-electron chi connectivity index (χ2n) is 4.17. The van der Waals surface area contributed by atoms with Gasteiger partial charge in [0.05, 0.1) is 11.1 Å². The molecule has 0 heterocycles. The lowest BCUT2D eigenvalue weighted by Crippen LogP contribution is -2.27. The Morgan fingerprint density at radius 1 is 1.50 bits per heavy atom. The Morgan fingerprint density at radius 3 is 2.83 bits per heavy atom. The molecular weight excluding hydrogens is 248 g/mol. The summed E-state index contributed by atoms with van der Waals surface area (Å²) in [7, 11) is 0. The van der Waals surface area contributed by atoms with Crippen molar-refractivity contribution in [2.45, 2.75) is 26.4 Å². The minimum absolute atomic E-state index is 0.0814. The van der Waals surface area contributed by atoms with E-state index >= 15 is 0 Å². The largest absolute Gasteiger partial charge is 0.491 e. The molecule has 0 fully saturated rings. The van der Waals surface area contributed by atoms with Crippen LogP contribution in [0.2, 0.25) is 0 Å². The number of carbonyl (C=O) groups is 1. The maximum Gasteiger partial charge on any atom is 0.251 e. The molecule has 98 valence electrons. The first-order chi connectivity index (χ1) is 8.49. The molecule has 0 aromatic heterocycles. The molecule has 0 aliphatic rings. The second-order valence-corrected chi connectivity index (χ2v) is 4.69. The molecule has 0 unspecified atom stereocenters. The SMILES string of the molecule is CC(C)Oc1cccc(C(=O)NCCC(N)=S)c1. The van der Waals surface area contributed by atoms with Crippen LogP contribution < -0.4 is 15.8 Å². The predicted octanol–water partition coefficient (Wildman–Crippen LogP) is 1.88. The summed E-state index contributed by atoms with van der Waals surface area (Å²) in [5.74, 6) is 0.535. The van der Waals surface area contributed by atoms with Crippen LogP contribution in [0.3, 0.4) is 0 Å². The van der Waals surface area contributed by atoms with Gasteiger partial charge in [-0.05, 0) is 32.0 Å². The third kappa shape index (κ3) is 5.14. The summed E-state index contributed by atoms with van der Waals surface area (Å²) in [6, 6.07) is 7.07. The molecule has 0 spiro atoms.